The van der Waals surface area contributed by atoms with Crippen LogP contribution in [-0.4, -0.2) is 47.8 Å². The lowest BCUT2D eigenvalue weighted by Gasteiger charge is -2.30. The first-order valence-corrected chi connectivity index (χ1v) is 9.74. The fourth-order valence-electron chi connectivity index (χ4n) is 3.72. The molecule has 152 valence electrons. The number of likely N-dealkylation sites (tertiary alicyclic amines) is 1. The van der Waals surface area contributed by atoms with Crippen molar-refractivity contribution in [1.29, 1.82) is 0 Å². The molecule has 1 aliphatic heterocycles. The minimum absolute atomic E-state index is 0.0253. The van der Waals surface area contributed by atoms with E-state index in [-0.39, 0.29) is 31.4 Å². The zero-order valence-corrected chi connectivity index (χ0v) is 16.8. The van der Waals surface area contributed by atoms with Gasteiger partial charge in [0.25, 0.3) is 0 Å². The van der Waals surface area contributed by atoms with E-state index in [2.05, 4.69) is 0 Å². The van der Waals surface area contributed by atoms with Crippen molar-refractivity contribution in [2.45, 2.75) is 26.4 Å². The normalized spacial score (nSPS) is 18.6. The molecular formula is C23H26N2O4. The van der Waals surface area contributed by atoms with E-state index in [1.54, 1.807) is 18.9 Å². The van der Waals surface area contributed by atoms with Crippen LogP contribution >= 0.6 is 0 Å². The first kappa shape index (κ1) is 20.6. The third-order valence-electron chi connectivity index (χ3n) is 5.17. The van der Waals surface area contributed by atoms with Crippen LogP contribution in [0.25, 0.3) is 0 Å². The number of carbonyl (C=O) groups is 3. The molecule has 0 bridgehead atoms. The molecule has 1 aliphatic rings. The second-order valence-corrected chi connectivity index (χ2v) is 7.36. The Morgan fingerprint density at radius 1 is 1.03 bits per heavy atom. The van der Waals surface area contributed by atoms with Crippen molar-refractivity contribution in [3.8, 4) is 0 Å². The number of rotatable bonds is 7. The second kappa shape index (κ2) is 8.90. The molecule has 2 aromatic rings. The van der Waals surface area contributed by atoms with Gasteiger partial charge >= 0.3 is 5.97 Å². The average molecular weight is 394 g/mol. The van der Waals surface area contributed by atoms with Gasteiger partial charge in [-0.25, -0.2) is 0 Å². The Morgan fingerprint density at radius 2 is 1.62 bits per heavy atom. The minimum Gasteiger partial charge on any atom is -0.465 e. The number of ether oxygens (including phenoxy) is 1. The van der Waals surface area contributed by atoms with Crippen molar-refractivity contribution in [2.24, 2.45) is 5.41 Å². The zero-order valence-electron chi connectivity index (χ0n) is 16.8. The van der Waals surface area contributed by atoms with E-state index in [1.807, 2.05) is 60.7 Å². The van der Waals surface area contributed by atoms with Crippen LogP contribution in [0.3, 0.4) is 0 Å². The van der Waals surface area contributed by atoms with E-state index < -0.39 is 11.4 Å². The van der Waals surface area contributed by atoms with Gasteiger partial charge < -0.3 is 14.5 Å². The van der Waals surface area contributed by atoms with Crippen LogP contribution in [0, 0.1) is 5.41 Å². The van der Waals surface area contributed by atoms with E-state index in [9.17, 15) is 14.4 Å². The molecule has 1 heterocycles. The van der Waals surface area contributed by atoms with Crippen molar-refractivity contribution in [2.75, 3.05) is 20.2 Å². The van der Waals surface area contributed by atoms with Crippen LogP contribution in [0.2, 0.25) is 0 Å². The summed E-state index contributed by atoms with van der Waals surface area (Å²) in [6, 6.07) is 19.1. The summed E-state index contributed by atoms with van der Waals surface area (Å²) in [6.07, 6.45) is -0.170. The Kier molecular flexibility index (Phi) is 6.32. The Morgan fingerprint density at radius 3 is 2.21 bits per heavy atom. The van der Waals surface area contributed by atoms with Gasteiger partial charge in [0.1, 0.15) is 0 Å². The van der Waals surface area contributed by atoms with Crippen LogP contribution in [0.5, 0.6) is 0 Å². The van der Waals surface area contributed by atoms with Crippen LogP contribution in [0.4, 0.5) is 0 Å². The first-order chi connectivity index (χ1) is 14.0. The molecule has 6 heteroatoms. The summed E-state index contributed by atoms with van der Waals surface area (Å²) in [5.41, 5.74) is 0.393. The second-order valence-electron chi connectivity index (χ2n) is 7.36. The lowest BCUT2D eigenvalue weighted by molar-refractivity contribution is -0.164. The number of benzene rings is 2. The molecule has 2 amide bonds. The predicted molar refractivity (Wildman–Crippen MR) is 108 cm³/mol. The molecule has 3 rings (SSSR count). The highest BCUT2D eigenvalue weighted by Crippen LogP contribution is 2.36. The van der Waals surface area contributed by atoms with Crippen molar-refractivity contribution >= 4 is 17.8 Å². The topological polar surface area (TPSA) is 66.9 Å². The van der Waals surface area contributed by atoms with Crippen LogP contribution < -0.4 is 0 Å². The molecule has 2 aromatic carbocycles. The fourth-order valence-corrected chi connectivity index (χ4v) is 3.72. The number of amides is 2. The molecule has 0 N–H and O–H groups in total. The molecule has 0 saturated carbocycles. The summed E-state index contributed by atoms with van der Waals surface area (Å²) in [7, 11) is 1.65. The molecule has 0 aromatic heterocycles. The number of nitrogens with zero attached hydrogens (tertiary/aromatic N) is 2. The third-order valence-corrected chi connectivity index (χ3v) is 5.17. The van der Waals surface area contributed by atoms with E-state index in [0.29, 0.717) is 13.1 Å². The van der Waals surface area contributed by atoms with E-state index in [1.165, 1.54) is 4.90 Å². The van der Waals surface area contributed by atoms with E-state index >= 15 is 0 Å². The van der Waals surface area contributed by atoms with Crippen molar-refractivity contribution in [3.63, 3.8) is 0 Å². The zero-order chi connectivity index (χ0) is 20.9. The average Bonchev–Trinajstić information content (AvgIpc) is 3.06. The Hall–Kier alpha value is -3.15. The van der Waals surface area contributed by atoms with Gasteiger partial charge in [-0.3, -0.25) is 14.4 Å². The molecule has 6 nitrogen and oxygen atoms in total. The lowest BCUT2D eigenvalue weighted by Crippen LogP contribution is -2.49. The van der Waals surface area contributed by atoms with Gasteiger partial charge in [-0.15, -0.1) is 0 Å². The molecule has 1 unspecified atom stereocenters. The number of hydrogen-bond donors (Lipinski definition) is 0. The van der Waals surface area contributed by atoms with Gasteiger partial charge in [-0.05, 0) is 18.1 Å². The first-order valence-electron chi connectivity index (χ1n) is 9.74. The van der Waals surface area contributed by atoms with Crippen molar-refractivity contribution < 1.29 is 19.1 Å². The van der Waals surface area contributed by atoms with Crippen molar-refractivity contribution in [1.82, 2.24) is 9.80 Å². The Balaban J connectivity index is 1.83. The van der Waals surface area contributed by atoms with Gasteiger partial charge in [-0.1, -0.05) is 60.7 Å². The Bertz CT molecular complexity index is 869. The summed E-state index contributed by atoms with van der Waals surface area (Å²) in [5, 5.41) is 0. The summed E-state index contributed by atoms with van der Waals surface area (Å²) in [6.45, 7) is 2.59. The summed E-state index contributed by atoms with van der Waals surface area (Å²) >= 11 is 0. The summed E-state index contributed by atoms with van der Waals surface area (Å²) in [4.78, 5) is 42.0. The smallest absolute Gasteiger partial charge is 0.324 e. The molecule has 1 fully saturated rings. The quantitative estimate of drug-likeness (QED) is 0.535. The third kappa shape index (κ3) is 4.47. The SMILES string of the molecule is CCOC(=O)C1(C(=O)N(C)Cc2ccccc2)CC(=O)N(Cc2ccccc2)C1. The highest BCUT2D eigenvalue weighted by atomic mass is 16.5. The summed E-state index contributed by atoms with van der Waals surface area (Å²) in [5.74, 6) is -1.24. The van der Waals surface area contributed by atoms with Gasteiger partial charge in [0.05, 0.1) is 13.0 Å². The van der Waals surface area contributed by atoms with Gasteiger partial charge in [-0.2, -0.15) is 0 Å². The molecule has 0 spiro atoms. The Labute approximate surface area is 171 Å². The van der Waals surface area contributed by atoms with Gasteiger partial charge in [0, 0.05) is 26.7 Å². The van der Waals surface area contributed by atoms with E-state index in [4.69, 9.17) is 4.74 Å². The highest BCUT2D eigenvalue weighted by Gasteiger charge is 2.56. The monoisotopic (exact) mass is 394 g/mol. The number of carbonyl (C=O) groups excluding carboxylic acids is 3. The molecule has 0 aliphatic carbocycles. The maximum Gasteiger partial charge on any atom is 0.324 e. The highest BCUT2D eigenvalue weighted by molar-refractivity contribution is 6.08. The summed E-state index contributed by atoms with van der Waals surface area (Å²) < 4.78 is 5.23. The van der Waals surface area contributed by atoms with Crippen LogP contribution in [0.1, 0.15) is 24.5 Å². The van der Waals surface area contributed by atoms with Crippen LogP contribution in [-0.2, 0) is 32.2 Å². The molecule has 29 heavy (non-hydrogen) atoms. The number of esters is 1. The van der Waals surface area contributed by atoms with Gasteiger partial charge in [0.2, 0.25) is 11.8 Å². The molecule has 1 atom stereocenters. The van der Waals surface area contributed by atoms with Crippen LogP contribution in [0.15, 0.2) is 60.7 Å². The molecule has 1 saturated heterocycles. The fraction of sp³-hybridized carbons (Fsp3) is 0.348. The van der Waals surface area contributed by atoms with Crippen molar-refractivity contribution in [3.05, 3.63) is 71.8 Å². The maximum atomic E-state index is 13.4. The number of hydrogen-bond acceptors (Lipinski definition) is 4. The maximum absolute atomic E-state index is 13.4. The van der Waals surface area contributed by atoms with Gasteiger partial charge in [0.15, 0.2) is 5.41 Å². The minimum atomic E-state index is -1.51. The van der Waals surface area contributed by atoms with E-state index in [0.717, 1.165) is 11.1 Å². The molecule has 0 radical (unpaired) electrons. The molecular weight excluding hydrogens is 368 g/mol. The standard InChI is InChI=1S/C23H26N2O4/c1-3-29-22(28)23(21(27)24(2)15-18-10-6-4-7-11-18)14-20(26)25(17-23)16-19-12-8-5-9-13-19/h4-13H,3,14-17H2,1-2H3. The predicted octanol–water partition coefficient (Wildman–Crippen LogP) is 2.63. The largest absolute Gasteiger partial charge is 0.465 e. The lowest BCUT2D eigenvalue weighted by atomic mass is 9.85.